The van der Waals surface area contributed by atoms with Crippen molar-refractivity contribution in [1.29, 1.82) is 0 Å². The minimum Gasteiger partial charge on any atom is -0.465 e. The van der Waals surface area contributed by atoms with Gasteiger partial charge in [-0.25, -0.2) is 4.79 Å². The number of carbonyl (C=O) groups excluding carboxylic acids is 3. The van der Waals surface area contributed by atoms with Gasteiger partial charge in [0.05, 0.1) is 24.8 Å². The predicted octanol–water partition coefficient (Wildman–Crippen LogP) is 3.49. The molecule has 0 spiro atoms. The molecule has 0 unspecified atom stereocenters. The first-order chi connectivity index (χ1) is 12.8. The predicted molar refractivity (Wildman–Crippen MR) is 103 cm³/mol. The van der Waals surface area contributed by atoms with Crippen LogP contribution in [0, 0.1) is 6.92 Å². The molecule has 1 aromatic carbocycles. The summed E-state index contributed by atoms with van der Waals surface area (Å²) < 4.78 is 4.84. The van der Waals surface area contributed by atoms with Crippen molar-refractivity contribution in [2.75, 3.05) is 18.6 Å². The first-order valence-corrected chi connectivity index (χ1v) is 9.10. The molecule has 1 amide bonds. The number of H-pyrrole nitrogens is 1. The third-order valence-corrected chi connectivity index (χ3v) is 5.09. The molecular weight excluding hydrogens is 368 g/mol. The van der Waals surface area contributed by atoms with Crippen LogP contribution in [0.5, 0.6) is 0 Å². The second-order valence-electron chi connectivity index (χ2n) is 6.63. The van der Waals surface area contributed by atoms with E-state index in [-0.39, 0.29) is 23.7 Å². The number of aromatic amines is 1. The number of aryl methyl sites for hydroxylation is 1. The number of aromatic nitrogens is 1. The molecule has 7 heteroatoms. The fourth-order valence-electron chi connectivity index (χ4n) is 3.59. The first kappa shape index (κ1) is 19.2. The number of benzene rings is 1. The van der Waals surface area contributed by atoms with Gasteiger partial charge in [0.2, 0.25) is 5.91 Å². The lowest BCUT2D eigenvalue weighted by atomic mass is 10.0. The number of ketones is 1. The van der Waals surface area contributed by atoms with Crippen molar-refractivity contribution in [2.45, 2.75) is 33.1 Å². The molecule has 142 valence electrons. The van der Waals surface area contributed by atoms with Crippen molar-refractivity contribution in [3.63, 3.8) is 0 Å². The molecule has 27 heavy (non-hydrogen) atoms. The highest BCUT2D eigenvalue weighted by Gasteiger charge is 2.28. The van der Waals surface area contributed by atoms with Gasteiger partial charge in [-0.05, 0) is 49.1 Å². The van der Waals surface area contributed by atoms with Crippen LogP contribution in [0.4, 0.5) is 5.69 Å². The minimum atomic E-state index is -0.565. The van der Waals surface area contributed by atoms with E-state index in [0.29, 0.717) is 28.5 Å². The number of nitrogens with one attached hydrogen (secondary N) is 1. The summed E-state index contributed by atoms with van der Waals surface area (Å²) in [7, 11) is 1.28. The number of halogens is 1. The minimum absolute atomic E-state index is 0.0272. The molecule has 0 saturated heterocycles. The van der Waals surface area contributed by atoms with E-state index in [1.807, 2.05) is 12.1 Å². The number of ether oxygens (including phenoxy) is 1. The number of rotatable bonds is 4. The third kappa shape index (κ3) is 3.62. The third-order valence-electron chi connectivity index (χ3n) is 4.86. The highest BCUT2D eigenvalue weighted by molar-refractivity contribution is 6.30. The summed E-state index contributed by atoms with van der Waals surface area (Å²) in [5, 5.41) is 0.641. The maximum Gasteiger partial charge on any atom is 0.339 e. The lowest BCUT2D eigenvalue weighted by molar-refractivity contribution is -0.118. The SMILES string of the molecule is COC(=O)c1c(CC(=O)N2CCCc3cc(Cl)ccc32)[nH]c(C(C)=O)c1C. The molecule has 1 aliphatic rings. The van der Waals surface area contributed by atoms with Crippen LogP contribution in [0.3, 0.4) is 0 Å². The highest BCUT2D eigenvalue weighted by atomic mass is 35.5. The molecule has 0 fully saturated rings. The van der Waals surface area contributed by atoms with Gasteiger partial charge in [0.1, 0.15) is 0 Å². The van der Waals surface area contributed by atoms with Crippen molar-refractivity contribution >= 4 is 34.9 Å². The number of fused-ring (bicyclic) bond motifs is 1. The van der Waals surface area contributed by atoms with Crippen LogP contribution in [0.2, 0.25) is 5.02 Å². The molecule has 0 saturated carbocycles. The summed E-state index contributed by atoms with van der Waals surface area (Å²) in [6, 6.07) is 5.48. The number of hydrogen-bond donors (Lipinski definition) is 1. The number of Topliss-reactive ketones (excluding diaryl/α,β-unsaturated/α-hetero) is 1. The normalized spacial score (nSPS) is 13.3. The highest BCUT2D eigenvalue weighted by Crippen LogP contribution is 2.30. The van der Waals surface area contributed by atoms with Crippen molar-refractivity contribution in [1.82, 2.24) is 4.98 Å². The molecular formula is C20H21ClN2O4. The number of carbonyl (C=O) groups is 3. The second-order valence-corrected chi connectivity index (χ2v) is 7.06. The molecule has 2 aromatic rings. The summed E-state index contributed by atoms with van der Waals surface area (Å²) >= 11 is 6.06. The van der Waals surface area contributed by atoms with Crippen LogP contribution in [-0.2, 0) is 22.4 Å². The van der Waals surface area contributed by atoms with E-state index < -0.39 is 5.97 Å². The maximum atomic E-state index is 13.0. The molecule has 3 rings (SSSR count). The Morgan fingerprint density at radius 1 is 1.30 bits per heavy atom. The van der Waals surface area contributed by atoms with Crippen LogP contribution in [0.1, 0.15) is 51.0 Å². The van der Waals surface area contributed by atoms with E-state index in [1.165, 1.54) is 14.0 Å². The van der Waals surface area contributed by atoms with Gasteiger partial charge < -0.3 is 14.6 Å². The molecule has 1 aliphatic heterocycles. The Hall–Kier alpha value is -2.60. The summed E-state index contributed by atoms with van der Waals surface area (Å²) in [5.74, 6) is -0.918. The van der Waals surface area contributed by atoms with Crippen LogP contribution in [0.15, 0.2) is 18.2 Å². The zero-order valence-corrected chi connectivity index (χ0v) is 16.3. The number of methoxy groups -OCH3 is 1. The van der Waals surface area contributed by atoms with Gasteiger partial charge in [-0.15, -0.1) is 0 Å². The molecule has 1 aromatic heterocycles. The average molecular weight is 389 g/mol. The van der Waals surface area contributed by atoms with Gasteiger partial charge in [-0.1, -0.05) is 11.6 Å². The Labute approximate surface area is 162 Å². The average Bonchev–Trinajstić information content (AvgIpc) is 2.96. The van der Waals surface area contributed by atoms with Gasteiger partial charge in [0, 0.05) is 29.9 Å². The Bertz CT molecular complexity index is 932. The molecule has 0 aliphatic carbocycles. The summed E-state index contributed by atoms with van der Waals surface area (Å²) in [6.07, 6.45) is 1.68. The van der Waals surface area contributed by atoms with E-state index in [1.54, 1.807) is 17.9 Å². The number of esters is 1. The Morgan fingerprint density at radius 3 is 2.70 bits per heavy atom. The van der Waals surface area contributed by atoms with E-state index in [0.717, 1.165) is 24.1 Å². The monoisotopic (exact) mass is 388 g/mol. The fraction of sp³-hybridized carbons (Fsp3) is 0.350. The van der Waals surface area contributed by atoms with E-state index in [2.05, 4.69) is 4.98 Å². The number of hydrogen-bond acceptors (Lipinski definition) is 4. The van der Waals surface area contributed by atoms with Gasteiger partial charge >= 0.3 is 5.97 Å². The molecule has 0 bridgehead atoms. The lowest BCUT2D eigenvalue weighted by Crippen LogP contribution is -2.36. The summed E-state index contributed by atoms with van der Waals surface area (Å²) in [5.41, 5.74) is 3.35. The van der Waals surface area contributed by atoms with Crippen LogP contribution >= 0.6 is 11.6 Å². The van der Waals surface area contributed by atoms with Crippen molar-refractivity contribution in [3.8, 4) is 0 Å². The number of nitrogens with zero attached hydrogens (tertiary/aromatic N) is 1. The standard InChI is InChI=1S/C20H21ClN2O4/c1-11-18(20(26)27-3)15(22-19(11)12(2)24)10-17(25)23-8-4-5-13-9-14(21)6-7-16(13)23/h6-7,9,22H,4-5,8,10H2,1-3H3. The van der Waals surface area contributed by atoms with Gasteiger partial charge in [-0.2, -0.15) is 0 Å². The summed E-state index contributed by atoms with van der Waals surface area (Å²) in [4.78, 5) is 41.7. The second kappa shape index (κ2) is 7.56. The first-order valence-electron chi connectivity index (χ1n) is 8.73. The zero-order chi connectivity index (χ0) is 19.7. The van der Waals surface area contributed by atoms with Gasteiger partial charge in [0.15, 0.2) is 5.78 Å². The van der Waals surface area contributed by atoms with Crippen LogP contribution in [-0.4, -0.2) is 36.3 Å². The zero-order valence-electron chi connectivity index (χ0n) is 15.5. The maximum absolute atomic E-state index is 13.0. The Kier molecular flexibility index (Phi) is 5.37. The Balaban J connectivity index is 1.95. The number of amides is 1. The van der Waals surface area contributed by atoms with E-state index in [9.17, 15) is 14.4 Å². The molecule has 6 nitrogen and oxygen atoms in total. The topological polar surface area (TPSA) is 79.5 Å². The Morgan fingerprint density at radius 2 is 2.04 bits per heavy atom. The molecule has 1 N–H and O–H groups in total. The van der Waals surface area contributed by atoms with E-state index in [4.69, 9.17) is 16.3 Å². The van der Waals surface area contributed by atoms with Crippen molar-refractivity contribution in [3.05, 3.63) is 51.3 Å². The fourth-order valence-corrected chi connectivity index (χ4v) is 3.79. The van der Waals surface area contributed by atoms with Gasteiger partial charge in [-0.3, -0.25) is 9.59 Å². The quantitative estimate of drug-likeness (QED) is 0.642. The molecule has 0 radical (unpaired) electrons. The largest absolute Gasteiger partial charge is 0.465 e. The van der Waals surface area contributed by atoms with Gasteiger partial charge in [0.25, 0.3) is 0 Å². The molecule has 2 heterocycles. The van der Waals surface area contributed by atoms with E-state index >= 15 is 0 Å². The number of anilines is 1. The summed E-state index contributed by atoms with van der Waals surface area (Å²) in [6.45, 7) is 3.68. The van der Waals surface area contributed by atoms with Crippen molar-refractivity contribution in [2.24, 2.45) is 0 Å². The van der Waals surface area contributed by atoms with Crippen LogP contribution < -0.4 is 4.90 Å². The van der Waals surface area contributed by atoms with Crippen LogP contribution in [0.25, 0.3) is 0 Å². The smallest absolute Gasteiger partial charge is 0.339 e. The lowest BCUT2D eigenvalue weighted by Gasteiger charge is -2.29. The molecule has 0 atom stereocenters. The van der Waals surface area contributed by atoms with Crippen molar-refractivity contribution < 1.29 is 19.1 Å².